The van der Waals surface area contributed by atoms with E-state index in [1.165, 1.54) is 0 Å². The first kappa shape index (κ1) is 13.4. The van der Waals surface area contributed by atoms with E-state index in [2.05, 4.69) is 15.6 Å². The number of ether oxygens (including phenoxy) is 1. The van der Waals surface area contributed by atoms with Crippen molar-refractivity contribution in [1.82, 2.24) is 10.3 Å². The first-order valence-corrected chi connectivity index (χ1v) is 7.32. The van der Waals surface area contributed by atoms with Gasteiger partial charge < -0.3 is 19.8 Å². The van der Waals surface area contributed by atoms with E-state index in [0.717, 1.165) is 62.3 Å². The molecule has 2 N–H and O–H groups in total. The van der Waals surface area contributed by atoms with Gasteiger partial charge in [-0.15, -0.1) is 0 Å². The molecule has 0 amide bonds. The van der Waals surface area contributed by atoms with Crippen molar-refractivity contribution in [2.75, 3.05) is 31.6 Å². The summed E-state index contributed by atoms with van der Waals surface area (Å²) >= 11 is 0. The standard InChI is InChI=1S/C15H21N3O2/c1(10-19-12-2-7-16-8-3-12)6-17-15-13-5-11-20-14(13)4-9-18-15/h4-5,9,11-12,16H,1-3,6-8,10H2,(H,17,18). The number of furan rings is 1. The van der Waals surface area contributed by atoms with Crippen molar-refractivity contribution in [3.63, 3.8) is 0 Å². The number of fused-ring (bicyclic) bond motifs is 1. The quantitative estimate of drug-likeness (QED) is 0.793. The Labute approximate surface area is 118 Å². The number of aromatic nitrogens is 1. The van der Waals surface area contributed by atoms with Crippen LogP contribution >= 0.6 is 0 Å². The monoisotopic (exact) mass is 275 g/mol. The zero-order chi connectivity index (χ0) is 13.6. The molecule has 1 fully saturated rings. The Kier molecular flexibility index (Phi) is 4.50. The van der Waals surface area contributed by atoms with Crippen LogP contribution in [0.4, 0.5) is 5.82 Å². The van der Waals surface area contributed by atoms with E-state index >= 15 is 0 Å². The number of rotatable bonds is 6. The molecule has 5 heteroatoms. The first-order valence-electron chi connectivity index (χ1n) is 7.32. The molecule has 0 aliphatic carbocycles. The molecule has 3 heterocycles. The van der Waals surface area contributed by atoms with Crippen LogP contribution in [-0.2, 0) is 4.74 Å². The molecule has 108 valence electrons. The number of pyridine rings is 1. The molecular weight excluding hydrogens is 254 g/mol. The van der Waals surface area contributed by atoms with Gasteiger partial charge >= 0.3 is 0 Å². The summed E-state index contributed by atoms with van der Waals surface area (Å²) in [6.07, 6.45) is 7.14. The third-order valence-corrected chi connectivity index (χ3v) is 3.63. The molecule has 1 aliphatic rings. The van der Waals surface area contributed by atoms with Gasteiger partial charge in [-0.2, -0.15) is 0 Å². The first-order chi connectivity index (χ1) is 9.93. The van der Waals surface area contributed by atoms with Gasteiger partial charge in [-0.1, -0.05) is 0 Å². The number of hydrogen-bond acceptors (Lipinski definition) is 5. The van der Waals surface area contributed by atoms with Crippen molar-refractivity contribution in [2.24, 2.45) is 0 Å². The predicted molar refractivity (Wildman–Crippen MR) is 79.0 cm³/mol. The molecule has 0 atom stereocenters. The normalized spacial score (nSPS) is 16.6. The summed E-state index contributed by atoms with van der Waals surface area (Å²) < 4.78 is 11.2. The Balaban J connectivity index is 1.40. The Morgan fingerprint density at radius 3 is 3.15 bits per heavy atom. The second-order valence-corrected chi connectivity index (χ2v) is 5.09. The van der Waals surface area contributed by atoms with Crippen LogP contribution in [-0.4, -0.2) is 37.3 Å². The molecule has 2 aromatic heterocycles. The average molecular weight is 275 g/mol. The fourth-order valence-corrected chi connectivity index (χ4v) is 2.53. The lowest BCUT2D eigenvalue weighted by molar-refractivity contribution is 0.0329. The van der Waals surface area contributed by atoms with Gasteiger partial charge in [0.05, 0.1) is 17.8 Å². The van der Waals surface area contributed by atoms with Gasteiger partial charge in [0.1, 0.15) is 11.4 Å². The van der Waals surface area contributed by atoms with Crippen LogP contribution in [0.3, 0.4) is 0 Å². The van der Waals surface area contributed by atoms with Gasteiger partial charge in [-0.3, -0.25) is 0 Å². The smallest absolute Gasteiger partial charge is 0.139 e. The maximum atomic E-state index is 5.87. The Hall–Kier alpha value is -1.59. The highest BCUT2D eigenvalue weighted by Crippen LogP contribution is 2.21. The summed E-state index contributed by atoms with van der Waals surface area (Å²) in [5.41, 5.74) is 0.869. The van der Waals surface area contributed by atoms with Crippen LogP contribution in [0.1, 0.15) is 19.3 Å². The van der Waals surface area contributed by atoms with Crippen LogP contribution < -0.4 is 10.6 Å². The van der Waals surface area contributed by atoms with E-state index in [-0.39, 0.29) is 0 Å². The highest BCUT2D eigenvalue weighted by molar-refractivity contribution is 5.87. The maximum Gasteiger partial charge on any atom is 0.139 e. The molecule has 3 rings (SSSR count). The van der Waals surface area contributed by atoms with Crippen LogP contribution in [0.2, 0.25) is 0 Å². The Morgan fingerprint density at radius 1 is 1.35 bits per heavy atom. The van der Waals surface area contributed by atoms with E-state index in [1.54, 1.807) is 12.5 Å². The zero-order valence-electron chi connectivity index (χ0n) is 11.6. The van der Waals surface area contributed by atoms with Crippen molar-refractivity contribution < 1.29 is 9.15 Å². The van der Waals surface area contributed by atoms with Crippen LogP contribution in [0.15, 0.2) is 29.0 Å². The summed E-state index contributed by atoms with van der Waals surface area (Å²) in [7, 11) is 0. The minimum Gasteiger partial charge on any atom is -0.464 e. The lowest BCUT2D eigenvalue weighted by Crippen LogP contribution is -2.32. The van der Waals surface area contributed by atoms with Crippen molar-refractivity contribution in [2.45, 2.75) is 25.4 Å². The molecule has 1 saturated heterocycles. The Bertz CT molecular complexity index is 535. The van der Waals surface area contributed by atoms with E-state index in [0.29, 0.717) is 6.10 Å². The highest BCUT2D eigenvalue weighted by Gasteiger charge is 2.12. The van der Waals surface area contributed by atoms with Crippen molar-refractivity contribution in [3.8, 4) is 0 Å². The molecule has 2 aromatic rings. The largest absolute Gasteiger partial charge is 0.464 e. The maximum absolute atomic E-state index is 5.87. The third kappa shape index (κ3) is 3.29. The number of hydrogen-bond donors (Lipinski definition) is 2. The van der Waals surface area contributed by atoms with Gasteiger partial charge in [0.25, 0.3) is 0 Å². The minimum atomic E-state index is 0.437. The lowest BCUT2D eigenvalue weighted by Gasteiger charge is -2.22. The third-order valence-electron chi connectivity index (χ3n) is 3.63. The number of anilines is 1. The summed E-state index contributed by atoms with van der Waals surface area (Å²) in [5, 5.41) is 7.72. The van der Waals surface area contributed by atoms with E-state index in [4.69, 9.17) is 9.15 Å². The van der Waals surface area contributed by atoms with Gasteiger partial charge in [-0.25, -0.2) is 4.98 Å². The molecule has 0 saturated carbocycles. The van der Waals surface area contributed by atoms with Gasteiger partial charge in [0.2, 0.25) is 0 Å². The molecule has 0 bridgehead atoms. The number of nitrogens with zero attached hydrogens (tertiary/aromatic N) is 1. The van der Waals surface area contributed by atoms with E-state index < -0.39 is 0 Å². The molecule has 0 spiro atoms. The number of nitrogens with one attached hydrogen (secondary N) is 2. The molecular formula is C15H21N3O2. The van der Waals surface area contributed by atoms with Crippen molar-refractivity contribution >= 4 is 16.8 Å². The second-order valence-electron chi connectivity index (χ2n) is 5.09. The molecule has 5 nitrogen and oxygen atoms in total. The minimum absolute atomic E-state index is 0.437. The Morgan fingerprint density at radius 2 is 2.25 bits per heavy atom. The summed E-state index contributed by atoms with van der Waals surface area (Å²) in [6, 6.07) is 3.82. The topological polar surface area (TPSA) is 59.3 Å². The van der Waals surface area contributed by atoms with Crippen LogP contribution in [0.25, 0.3) is 11.0 Å². The molecule has 0 aromatic carbocycles. The second kappa shape index (κ2) is 6.72. The molecule has 20 heavy (non-hydrogen) atoms. The fraction of sp³-hybridized carbons (Fsp3) is 0.533. The average Bonchev–Trinajstić information content (AvgIpc) is 2.97. The lowest BCUT2D eigenvalue weighted by atomic mass is 10.1. The summed E-state index contributed by atoms with van der Waals surface area (Å²) in [6.45, 7) is 3.83. The van der Waals surface area contributed by atoms with Crippen molar-refractivity contribution in [3.05, 3.63) is 24.6 Å². The molecule has 0 unspecified atom stereocenters. The number of piperidine rings is 1. The van der Waals surface area contributed by atoms with Crippen LogP contribution in [0.5, 0.6) is 0 Å². The van der Waals surface area contributed by atoms with Gasteiger partial charge in [0.15, 0.2) is 0 Å². The zero-order valence-corrected chi connectivity index (χ0v) is 11.6. The molecule has 0 radical (unpaired) electrons. The van der Waals surface area contributed by atoms with Gasteiger partial charge in [0, 0.05) is 19.3 Å². The SMILES string of the molecule is c1cc2occc2c(NCCCOC2CCNCC2)n1. The summed E-state index contributed by atoms with van der Waals surface area (Å²) in [5.74, 6) is 0.887. The van der Waals surface area contributed by atoms with E-state index in [1.807, 2.05) is 12.1 Å². The molecule has 1 aliphatic heterocycles. The fourth-order valence-electron chi connectivity index (χ4n) is 2.53. The highest BCUT2D eigenvalue weighted by atomic mass is 16.5. The van der Waals surface area contributed by atoms with Crippen LogP contribution in [0, 0.1) is 0 Å². The van der Waals surface area contributed by atoms with Crippen molar-refractivity contribution in [1.29, 1.82) is 0 Å². The summed E-state index contributed by atoms with van der Waals surface area (Å²) in [4.78, 5) is 4.35. The van der Waals surface area contributed by atoms with Gasteiger partial charge in [-0.05, 0) is 44.5 Å². The van der Waals surface area contributed by atoms with E-state index in [9.17, 15) is 0 Å². The predicted octanol–water partition coefficient (Wildman–Crippen LogP) is 2.40.